The first-order valence-corrected chi connectivity index (χ1v) is 4.76. The van der Waals surface area contributed by atoms with Crippen LogP contribution in [0.15, 0.2) is 0 Å². The monoisotopic (exact) mass is 218 g/mol. The van der Waals surface area contributed by atoms with Crippen molar-refractivity contribution < 1.29 is 14.6 Å². The van der Waals surface area contributed by atoms with Gasteiger partial charge in [-0.25, -0.2) is 4.79 Å². The van der Waals surface area contributed by atoms with E-state index < -0.39 is 11.7 Å². The molecule has 78 valence electrons. The highest BCUT2D eigenvalue weighted by Crippen LogP contribution is 2.21. The van der Waals surface area contributed by atoms with Gasteiger partial charge in [-0.15, -0.1) is 0 Å². The quantitative estimate of drug-likeness (QED) is 0.519. The van der Waals surface area contributed by atoms with E-state index in [1.807, 2.05) is 6.07 Å². The van der Waals surface area contributed by atoms with Gasteiger partial charge < -0.3 is 14.7 Å². The molecule has 1 aliphatic rings. The number of aliphatic hydroxyl groups is 1. The Kier molecular flexibility index (Phi) is 3.55. The third kappa shape index (κ3) is 2.50. The van der Waals surface area contributed by atoms with Gasteiger partial charge in [0.15, 0.2) is 11.7 Å². The van der Waals surface area contributed by atoms with E-state index in [2.05, 4.69) is 4.74 Å². The highest BCUT2D eigenvalue weighted by molar-refractivity contribution is 6.17. The molecule has 1 N–H and O–H groups in total. The van der Waals surface area contributed by atoms with Crippen LogP contribution in [0.25, 0.3) is 0 Å². The van der Waals surface area contributed by atoms with Crippen LogP contribution in [0.4, 0.5) is 4.79 Å². The predicted molar refractivity (Wildman–Crippen MR) is 48.6 cm³/mol. The maximum absolute atomic E-state index is 11.2. The van der Waals surface area contributed by atoms with Crippen molar-refractivity contribution in [2.75, 3.05) is 19.2 Å². The topological polar surface area (TPSA) is 73.6 Å². The van der Waals surface area contributed by atoms with Gasteiger partial charge in [-0.3, -0.25) is 0 Å². The van der Waals surface area contributed by atoms with Gasteiger partial charge in [-0.05, 0) is 0 Å². The van der Waals surface area contributed by atoms with E-state index in [0.29, 0.717) is 13.1 Å². The van der Waals surface area contributed by atoms with Gasteiger partial charge >= 0.3 is 6.09 Å². The SMILES string of the molecule is N#CC1(O)CCN(C(=O)OCCl)CC1. The van der Waals surface area contributed by atoms with Gasteiger partial charge in [0.05, 0.1) is 6.07 Å². The second kappa shape index (κ2) is 4.49. The molecule has 5 nitrogen and oxygen atoms in total. The van der Waals surface area contributed by atoms with E-state index in [0.717, 1.165) is 0 Å². The van der Waals surface area contributed by atoms with Gasteiger partial charge in [0, 0.05) is 25.9 Å². The van der Waals surface area contributed by atoms with Crippen molar-refractivity contribution in [2.45, 2.75) is 18.4 Å². The average Bonchev–Trinajstić information content (AvgIpc) is 2.19. The van der Waals surface area contributed by atoms with E-state index in [-0.39, 0.29) is 18.9 Å². The summed E-state index contributed by atoms with van der Waals surface area (Å²) < 4.78 is 4.57. The first-order chi connectivity index (χ1) is 6.61. The third-order valence-corrected chi connectivity index (χ3v) is 2.34. The number of carbonyl (C=O) groups is 1. The van der Waals surface area contributed by atoms with Crippen molar-refractivity contribution in [3.05, 3.63) is 0 Å². The largest absolute Gasteiger partial charge is 0.433 e. The number of nitriles is 1. The molecule has 0 unspecified atom stereocenters. The standard InChI is InChI=1S/C8H11ClN2O3/c9-6-14-7(12)11-3-1-8(13,5-10)2-4-11/h13H,1-4,6H2. The molecule has 0 aliphatic carbocycles. The molecule has 6 heteroatoms. The predicted octanol–water partition coefficient (Wildman–Crippen LogP) is 0.670. The zero-order valence-corrected chi connectivity index (χ0v) is 8.33. The summed E-state index contributed by atoms with van der Waals surface area (Å²) in [6.45, 7) is 0.638. The number of ether oxygens (including phenoxy) is 1. The summed E-state index contributed by atoms with van der Waals surface area (Å²) in [5.74, 6) is 0. The molecule has 0 saturated carbocycles. The summed E-state index contributed by atoms with van der Waals surface area (Å²) >= 11 is 5.23. The number of nitrogens with zero attached hydrogens (tertiary/aromatic N) is 2. The Balaban J connectivity index is 2.44. The van der Waals surface area contributed by atoms with Crippen LogP contribution in [0, 0.1) is 11.3 Å². The lowest BCUT2D eigenvalue weighted by Crippen LogP contribution is -2.46. The number of amides is 1. The van der Waals surface area contributed by atoms with Crippen LogP contribution in [-0.4, -0.2) is 40.9 Å². The zero-order valence-electron chi connectivity index (χ0n) is 7.57. The Hall–Kier alpha value is -0.990. The van der Waals surface area contributed by atoms with Crippen LogP contribution in [0.3, 0.4) is 0 Å². The second-order valence-corrected chi connectivity index (χ2v) is 3.37. The van der Waals surface area contributed by atoms with Crippen molar-refractivity contribution in [2.24, 2.45) is 0 Å². The zero-order chi connectivity index (χ0) is 10.6. The molecule has 1 heterocycles. The smallest absolute Gasteiger partial charge is 0.410 e. The van der Waals surface area contributed by atoms with Gasteiger partial charge in [0.2, 0.25) is 0 Å². The number of likely N-dealkylation sites (tertiary alicyclic amines) is 1. The van der Waals surface area contributed by atoms with E-state index in [1.54, 1.807) is 0 Å². The van der Waals surface area contributed by atoms with Gasteiger partial charge in [0.25, 0.3) is 0 Å². The summed E-state index contributed by atoms with van der Waals surface area (Å²) in [6.07, 6.45) is 0.00175. The molecule has 0 aromatic rings. The molecule has 1 rings (SSSR count). The molecule has 0 atom stereocenters. The Labute approximate surface area is 86.8 Å². The van der Waals surface area contributed by atoms with Crippen LogP contribution in [0.5, 0.6) is 0 Å². The van der Waals surface area contributed by atoms with Crippen molar-refractivity contribution in [3.8, 4) is 6.07 Å². The first-order valence-electron chi connectivity index (χ1n) is 4.22. The number of hydrogen-bond donors (Lipinski definition) is 1. The molecular weight excluding hydrogens is 208 g/mol. The maximum Gasteiger partial charge on any atom is 0.410 e. The summed E-state index contributed by atoms with van der Waals surface area (Å²) in [7, 11) is 0. The van der Waals surface area contributed by atoms with Crippen LogP contribution in [0.2, 0.25) is 0 Å². The van der Waals surface area contributed by atoms with Crippen LogP contribution >= 0.6 is 11.6 Å². The van der Waals surface area contributed by atoms with Crippen LogP contribution in [-0.2, 0) is 4.74 Å². The van der Waals surface area contributed by atoms with Crippen molar-refractivity contribution >= 4 is 17.7 Å². The number of carbonyl (C=O) groups excluding carboxylic acids is 1. The maximum atomic E-state index is 11.2. The second-order valence-electron chi connectivity index (χ2n) is 3.15. The number of halogens is 1. The molecule has 1 aliphatic heterocycles. The molecule has 0 radical (unpaired) electrons. The van der Waals surface area contributed by atoms with Crippen LogP contribution in [0.1, 0.15) is 12.8 Å². The molecule has 0 spiro atoms. The minimum atomic E-state index is -1.29. The highest BCUT2D eigenvalue weighted by Gasteiger charge is 2.34. The summed E-state index contributed by atoms with van der Waals surface area (Å²) in [6, 6.07) is 1.64. The Bertz CT molecular complexity index is 256. The van der Waals surface area contributed by atoms with Gasteiger partial charge in [0.1, 0.15) is 0 Å². The Morgan fingerprint density at radius 3 is 2.64 bits per heavy atom. The van der Waals surface area contributed by atoms with Gasteiger partial charge in [-0.1, -0.05) is 11.6 Å². The summed E-state index contributed by atoms with van der Waals surface area (Å²) in [5.41, 5.74) is -1.29. The molecule has 0 bridgehead atoms. The first kappa shape index (κ1) is 11.1. The Morgan fingerprint density at radius 1 is 1.64 bits per heavy atom. The van der Waals surface area contributed by atoms with E-state index in [9.17, 15) is 9.90 Å². The molecule has 0 aromatic carbocycles. The highest BCUT2D eigenvalue weighted by atomic mass is 35.5. The number of piperidine rings is 1. The van der Waals surface area contributed by atoms with Crippen molar-refractivity contribution in [1.82, 2.24) is 4.90 Å². The van der Waals surface area contributed by atoms with Crippen molar-refractivity contribution in [3.63, 3.8) is 0 Å². The lowest BCUT2D eigenvalue weighted by atomic mass is 9.93. The molecule has 1 fully saturated rings. The van der Waals surface area contributed by atoms with Crippen molar-refractivity contribution in [1.29, 1.82) is 5.26 Å². The van der Waals surface area contributed by atoms with Gasteiger partial charge in [-0.2, -0.15) is 5.26 Å². The number of hydrogen-bond acceptors (Lipinski definition) is 4. The molecule has 1 amide bonds. The minimum absolute atomic E-state index is 0.183. The number of alkyl halides is 1. The third-order valence-electron chi connectivity index (χ3n) is 2.23. The fourth-order valence-electron chi connectivity index (χ4n) is 1.31. The lowest BCUT2D eigenvalue weighted by Gasteiger charge is -2.32. The minimum Gasteiger partial charge on any atom is -0.433 e. The molecule has 14 heavy (non-hydrogen) atoms. The Morgan fingerprint density at radius 2 is 2.21 bits per heavy atom. The number of rotatable bonds is 1. The molecule has 0 aromatic heterocycles. The van der Waals surface area contributed by atoms with E-state index in [1.165, 1.54) is 4.90 Å². The lowest BCUT2D eigenvalue weighted by molar-refractivity contribution is 0.0234. The molecule has 1 saturated heterocycles. The fraction of sp³-hybridized carbons (Fsp3) is 0.750. The molecular formula is C8H11ClN2O3. The van der Waals surface area contributed by atoms with E-state index >= 15 is 0 Å². The fourth-order valence-corrected chi connectivity index (χ4v) is 1.40. The average molecular weight is 219 g/mol. The normalized spacial score (nSPS) is 19.9. The van der Waals surface area contributed by atoms with E-state index in [4.69, 9.17) is 16.9 Å². The summed E-state index contributed by atoms with van der Waals surface area (Å²) in [5, 5.41) is 18.2. The van der Waals surface area contributed by atoms with Crippen LogP contribution < -0.4 is 0 Å². The summed E-state index contributed by atoms with van der Waals surface area (Å²) in [4.78, 5) is 12.6.